The molecule has 3 rings (SSSR count). The molecule has 4 heteroatoms. The average Bonchev–Trinajstić information content (AvgIpc) is 2.80. The Kier molecular flexibility index (Phi) is 4.84. The van der Waals surface area contributed by atoms with E-state index in [0.29, 0.717) is 12.0 Å². The van der Waals surface area contributed by atoms with Crippen LogP contribution in [0.15, 0.2) is 6.20 Å². The molecule has 0 bridgehead atoms. The molecule has 1 amide bonds. The second-order valence-electron chi connectivity index (χ2n) is 7.32. The van der Waals surface area contributed by atoms with E-state index in [1.54, 1.807) is 0 Å². The molecule has 0 unspecified atom stereocenters. The molecule has 4 nitrogen and oxygen atoms in total. The summed E-state index contributed by atoms with van der Waals surface area (Å²) in [4.78, 5) is 15.3. The molecule has 0 saturated carbocycles. The third-order valence-corrected chi connectivity index (χ3v) is 5.09. The van der Waals surface area contributed by atoms with Crippen LogP contribution in [0.4, 0.5) is 0 Å². The monoisotopic (exact) mass is 303 g/mol. The van der Waals surface area contributed by atoms with Gasteiger partial charge in [0, 0.05) is 19.1 Å². The van der Waals surface area contributed by atoms with Crippen molar-refractivity contribution < 1.29 is 4.79 Å². The highest BCUT2D eigenvalue weighted by Crippen LogP contribution is 2.26. The highest BCUT2D eigenvalue weighted by atomic mass is 16.2. The van der Waals surface area contributed by atoms with Gasteiger partial charge >= 0.3 is 0 Å². The minimum absolute atomic E-state index is 0.232. The Morgan fingerprint density at radius 1 is 1.23 bits per heavy atom. The van der Waals surface area contributed by atoms with Crippen LogP contribution in [0, 0.1) is 5.92 Å². The van der Waals surface area contributed by atoms with Gasteiger partial charge in [0.25, 0.3) is 5.91 Å². The Morgan fingerprint density at radius 2 is 2.05 bits per heavy atom. The maximum atomic E-state index is 13.2. The molecule has 2 aliphatic heterocycles. The summed E-state index contributed by atoms with van der Waals surface area (Å²) in [5.41, 5.74) is 2.04. The fourth-order valence-electron chi connectivity index (χ4n) is 3.99. The molecule has 0 aliphatic carbocycles. The van der Waals surface area contributed by atoms with Gasteiger partial charge in [-0.1, -0.05) is 26.7 Å². The predicted octanol–water partition coefficient (Wildman–Crippen LogP) is 3.65. The van der Waals surface area contributed by atoms with Crippen LogP contribution in [0.5, 0.6) is 0 Å². The van der Waals surface area contributed by atoms with Crippen LogP contribution in [-0.4, -0.2) is 33.2 Å². The van der Waals surface area contributed by atoms with Crippen molar-refractivity contribution in [1.82, 2.24) is 14.7 Å². The number of likely N-dealkylation sites (tertiary alicyclic amines) is 1. The molecule has 0 N–H and O–H groups in total. The zero-order chi connectivity index (χ0) is 15.5. The quantitative estimate of drug-likeness (QED) is 0.855. The van der Waals surface area contributed by atoms with Crippen LogP contribution in [0.3, 0.4) is 0 Å². The van der Waals surface area contributed by atoms with Gasteiger partial charge in [-0.05, 0) is 44.4 Å². The van der Waals surface area contributed by atoms with E-state index in [1.807, 2.05) is 10.9 Å². The molecule has 1 atom stereocenters. The number of carbonyl (C=O) groups is 1. The largest absolute Gasteiger partial charge is 0.336 e. The molecule has 2 aliphatic rings. The molecular formula is C18H29N3O. The number of fused-ring (bicyclic) bond motifs is 1. The fraction of sp³-hybridized carbons (Fsp3) is 0.778. The lowest BCUT2D eigenvalue weighted by atomic mass is 9.98. The van der Waals surface area contributed by atoms with Crippen molar-refractivity contribution in [2.75, 3.05) is 6.54 Å². The molecule has 1 aromatic rings. The summed E-state index contributed by atoms with van der Waals surface area (Å²) in [6.45, 7) is 6.41. The normalized spacial score (nSPS) is 22.5. The van der Waals surface area contributed by atoms with Gasteiger partial charge in [0.1, 0.15) is 0 Å². The van der Waals surface area contributed by atoms with Gasteiger partial charge in [-0.2, -0.15) is 5.10 Å². The highest BCUT2D eigenvalue weighted by Gasteiger charge is 2.30. The van der Waals surface area contributed by atoms with E-state index in [2.05, 4.69) is 23.8 Å². The van der Waals surface area contributed by atoms with Crippen LogP contribution in [0.25, 0.3) is 0 Å². The zero-order valence-electron chi connectivity index (χ0n) is 14.1. The first-order valence-corrected chi connectivity index (χ1v) is 9.02. The number of carbonyl (C=O) groups excluding carboxylic acids is 1. The molecule has 22 heavy (non-hydrogen) atoms. The number of rotatable bonds is 3. The van der Waals surface area contributed by atoms with E-state index in [-0.39, 0.29) is 5.91 Å². The van der Waals surface area contributed by atoms with Gasteiger partial charge < -0.3 is 4.90 Å². The van der Waals surface area contributed by atoms with Crippen LogP contribution < -0.4 is 0 Å². The first kappa shape index (κ1) is 15.6. The van der Waals surface area contributed by atoms with Crippen LogP contribution >= 0.6 is 0 Å². The van der Waals surface area contributed by atoms with Crippen LogP contribution in [-0.2, 0) is 13.0 Å². The Balaban J connectivity index is 1.83. The van der Waals surface area contributed by atoms with Crippen molar-refractivity contribution in [2.45, 2.75) is 77.8 Å². The Labute approximate surface area is 133 Å². The number of aromatic nitrogens is 2. The van der Waals surface area contributed by atoms with Crippen LogP contribution in [0.1, 0.15) is 74.8 Å². The van der Waals surface area contributed by atoms with Crippen molar-refractivity contribution >= 4 is 5.91 Å². The first-order valence-electron chi connectivity index (χ1n) is 9.02. The summed E-state index contributed by atoms with van der Waals surface area (Å²) in [6, 6.07) is 0.411. The SMILES string of the molecule is CC(C)C[C@@H]1CCCCCN1C(=O)c1cnn2c1CCCC2. The maximum Gasteiger partial charge on any atom is 0.257 e. The van der Waals surface area contributed by atoms with Crippen molar-refractivity contribution in [1.29, 1.82) is 0 Å². The summed E-state index contributed by atoms with van der Waals surface area (Å²) in [5.74, 6) is 0.871. The molecule has 1 fully saturated rings. The van der Waals surface area contributed by atoms with E-state index < -0.39 is 0 Å². The average molecular weight is 303 g/mol. The number of aryl methyl sites for hydroxylation is 1. The number of amides is 1. The second-order valence-corrected chi connectivity index (χ2v) is 7.32. The fourth-order valence-corrected chi connectivity index (χ4v) is 3.99. The molecule has 0 aromatic carbocycles. The first-order chi connectivity index (χ1) is 10.7. The van der Waals surface area contributed by atoms with Crippen molar-refractivity contribution in [3.63, 3.8) is 0 Å². The highest BCUT2D eigenvalue weighted by molar-refractivity contribution is 5.95. The minimum Gasteiger partial charge on any atom is -0.336 e. The smallest absolute Gasteiger partial charge is 0.257 e. The van der Waals surface area contributed by atoms with E-state index >= 15 is 0 Å². The number of nitrogens with zero attached hydrogens (tertiary/aromatic N) is 3. The maximum absolute atomic E-state index is 13.2. The second kappa shape index (κ2) is 6.84. The van der Waals surface area contributed by atoms with Gasteiger partial charge in [-0.3, -0.25) is 9.48 Å². The van der Waals surface area contributed by atoms with E-state index in [4.69, 9.17) is 0 Å². The Hall–Kier alpha value is -1.32. The van der Waals surface area contributed by atoms with Gasteiger partial charge in [-0.25, -0.2) is 0 Å². The summed E-state index contributed by atoms with van der Waals surface area (Å²) in [6.07, 6.45) is 11.1. The van der Waals surface area contributed by atoms with Crippen molar-refractivity contribution in [2.24, 2.45) is 5.92 Å². The van der Waals surface area contributed by atoms with Crippen molar-refractivity contribution in [3.8, 4) is 0 Å². The lowest BCUT2D eigenvalue weighted by Gasteiger charge is -2.31. The number of hydrogen-bond acceptors (Lipinski definition) is 2. The molecular weight excluding hydrogens is 274 g/mol. The molecule has 1 aromatic heterocycles. The summed E-state index contributed by atoms with van der Waals surface area (Å²) >= 11 is 0. The molecule has 3 heterocycles. The summed E-state index contributed by atoms with van der Waals surface area (Å²) < 4.78 is 2.05. The van der Waals surface area contributed by atoms with E-state index in [1.165, 1.54) is 31.4 Å². The third-order valence-electron chi connectivity index (χ3n) is 5.09. The molecule has 0 spiro atoms. The molecule has 0 radical (unpaired) electrons. The number of hydrogen-bond donors (Lipinski definition) is 0. The van der Waals surface area contributed by atoms with Crippen LogP contribution in [0.2, 0.25) is 0 Å². The summed E-state index contributed by atoms with van der Waals surface area (Å²) in [5, 5.41) is 4.45. The Morgan fingerprint density at radius 3 is 2.86 bits per heavy atom. The predicted molar refractivity (Wildman–Crippen MR) is 87.9 cm³/mol. The standard InChI is InChI=1S/C18H29N3O/c1-14(2)12-15-8-4-3-6-10-20(15)18(22)16-13-19-21-11-7-5-9-17(16)21/h13-15H,3-12H2,1-2H3/t15-/m0/s1. The van der Waals surface area contributed by atoms with Crippen molar-refractivity contribution in [3.05, 3.63) is 17.5 Å². The van der Waals surface area contributed by atoms with E-state index in [9.17, 15) is 4.79 Å². The molecule has 1 saturated heterocycles. The minimum atomic E-state index is 0.232. The third kappa shape index (κ3) is 3.21. The topological polar surface area (TPSA) is 38.1 Å². The lowest BCUT2D eigenvalue weighted by Crippen LogP contribution is -2.41. The van der Waals surface area contributed by atoms with Gasteiger partial charge in [0.15, 0.2) is 0 Å². The van der Waals surface area contributed by atoms with E-state index in [0.717, 1.165) is 44.3 Å². The lowest BCUT2D eigenvalue weighted by molar-refractivity contribution is 0.0659. The summed E-state index contributed by atoms with van der Waals surface area (Å²) in [7, 11) is 0. The molecule has 122 valence electrons. The van der Waals surface area contributed by atoms with Gasteiger partial charge in [-0.15, -0.1) is 0 Å². The van der Waals surface area contributed by atoms with Gasteiger partial charge in [0.05, 0.1) is 17.5 Å². The Bertz CT molecular complexity index is 520. The zero-order valence-corrected chi connectivity index (χ0v) is 14.1. The van der Waals surface area contributed by atoms with Gasteiger partial charge in [0.2, 0.25) is 0 Å².